The number of carboxylic acid groups (broad SMARTS) is 1. The highest BCUT2D eigenvalue weighted by molar-refractivity contribution is 7.11. The first kappa shape index (κ1) is 14.3. The molecule has 0 aromatic carbocycles. The second kappa shape index (κ2) is 5.87. The fourth-order valence-corrected chi connectivity index (χ4v) is 2.45. The zero-order valence-corrected chi connectivity index (χ0v) is 11.9. The molecule has 0 aliphatic heterocycles. The average Bonchev–Trinajstić information content (AvgIpc) is 3.07. The summed E-state index contributed by atoms with van der Waals surface area (Å²) in [7, 11) is 0. The van der Waals surface area contributed by atoms with Crippen molar-refractivity contribution in [2.24, 2.45) is 0 Å². The molecule has 106 valence electrons. The Morgan fingerprint density at radius 1 is 1.45 bits per heavy atom. The molecule has 1 amide bonds. The van der Waals surface area contributed by atoms with Crippen molar-refractivity contribution in [2.45, 2.75) is 26.3 Å². The van der Waals surface area contributed by atoms with Gasteiger partial charge in [0.15, 0.2) is 5.76 Å². The van der Waals surface area contributed by atoms with Crippen LogP contribution in [0.5, 0.6) is 0 Å². The lowest BCUT2D eigenvalue weighted by Crippen LogP contribution is -2.26. The van der Waals surface area contributed by atoms with E-state index in [2.05, 4.69) is 10.3 Å². The zero-order valence-electron chi connectivity index (χ0n) is 11.0. The summed E-state index contributed by atoms with van der Waals surface area (Å²) < 4.78 is 4.94. The first-order valence-electron chi connectivity index (χ1n) is 6.09. The van der Waals surface area contributed by atoms with Gasteiger partial charge in [-0.3, -0.25) is 4.79 Å². The van der Waals surface area contributed by atoms with Crippen LogP contribution in [-0.2, 0) is 6.42 Å². The number of nitrogens with zero attached hydrogens (tertiary/aromatic N) is 1. The summed E-state index contributed by atoms with van der Waals surface area (Å²) in [5.74, 6) is -1.95. The molecular formula is C13H14N2O4S. The minimum absolute atomic E-state index is 0.0264. The molecule has 7 heteroatoms. The van der Waals surface area contributed by atoms with Crippen LogP contribution in [0.25, 0.3) is 0 Å². The van der Waals surface area contributed by atoms with E-state index in [1.165, 1.54) is 23.5 Å². The molecule has 2 heterocycles. The van der Waals surface area contributed by atoms with Gasteiger partial charge in [-0.2, -0.15) is 0 Å². The second-order valence-corrected chi connectivity index (χ2v) is 5.33. The molecule has 1 unspecified atom stereocenters. The molecule has 1 atom stereocenters. The summed E-state index contributed by atoms with van der Waals surface area (Å²) in [4.78, 5) is 28.0. The summed E-state index contributed by atoms with van der Waals surface area (Å²) in [6.45, 7) is 3.86. The van der Waals surface area contributed by atoms with Crippen LogP contribution in [0.3, 0.4) is 0 Å². The number of hydrogen-bond donors (Lipinski definition) is 2. The largest absolute Gasteiger partial charge is 0.475 e. The van der Waals surface area contributed by atoms with Gasteiger partial charge in [0.25, 0.3) is 5.91 Å². The maximum absolute atomic E-state index is 11.9. The van der Waals surface area contributed by atoms with Crippen molar-refractivity contribution in [3.05, 3.63) is 39.7 Å². The highest BCUT2D eigenvalue weighted by atomic mass is 32.1. The van der Waals surface area contributed by atoms with Gasteiger partial charge in [0.1, 0.15) is 5.01 Å². The number of nitrogens with one attached hydrogen (secondary N) is 1. The van der Waals surface area contributed by atoms with E-state index in [4.69, 9.17) is 9.52 Å². The van der Waals surface area contributed by atoms with Crippen LogP contribution in [-0.4, -0.2) is 22.0 Å². The van der Waals surface area contributed by atoms with E-state index in [1.54, 1.807) is 6.20 Å². The van der Waals surface area contributed by atoms with Gasteiger partial charge in [-0.05, 0) is 25.5 Å². The molecule has 2 aromatic rings. The second-order valence-electron chi connectivity index (χ2n) is 4.18. The van der Waals surface area contributed by atoms with Gasteiger partial charge in [-0.15, -0.1) is 11.3 Å². The normalized spacial score (nSPS) is 12.1. The summed E-state index contributed by atoms with van der Waals surface area (Å²) >= 11 is 1.54. The van der Waals surface area contributed by atoms with Crippen LogP contribution in [0.2, 0.25) is 0 Å². The molecule has 0 spiro atoms. The molecule has 0 bridgehead atoms. The van der Waals surface area contributed by atoms with Gasteiger partial charge in [0.2, 0.25) is 5.76 Å². The predicted octanol–water partition coefficient (Wildman–Crippen LogP) is 2.49. The fourth-order valence-electron chi connectivity index (χ4n) is 1.59. The van der Waals surface area contributed by atoms with Crippen LogP contribution in [0.4, 0.5) is 0 Å². The summed E-state index contributed by atoms with van der Waals surface area (Å²) in [5.41, 5.74) is 0. The third-order valence-corrected chi connectivity index (χ3v) is 4.00. The standard InChI is InChI=1S/C13H14N2O4S/c1-3-8-6-14-12(20-8)7(2)15-11(16)9-4-5-10(19-9)13(17)18/h4-7H,3H2,1-2H3,(H,15,16)(H,17,18). The first-order valence-corrected chi connectivity index (χ1v) is 6.91. The van der Waals surface area contributed by atoms with E-state index < -0.39 is 11.9 Å². The number of rotatable bonds is 5. The van der Waals surface area contributed by atoms with Crippen molar-refractivity contribution in [1.29, 1.82) is 0 Å². The third-order valence-electron chi connectivity index (χ3n) is 2.68. The van der Waals surface area contributed by atoms with E-state index in [0.717, 1.165) is 16.3 Å². The van der Waals surface area contributed by atoms with Crippen molar-refractivity contribution in [1.82, 2.24) is 10.3 Å². The Kier molecular flexibility index (Phi) is 4.19. The summed E-state index contributed by atoms with van der Waals surface area (Å²) in [5, 5.41) is 12.3. The number of carboxylic acids is 1. The van der Waals surface area contributed by atoms with E-state index in [-0.39, 0.29) is 17.6 Å². The summed E-state index contributed by atoms with van der Waals surface area (Å²) in [6.07, 6.45) is 2.69. The molecule has 2 rings (SSSR count). The topological polar surface area (TPSA) is 92.4 Å². The lowest BCUT2D eigenvalue weighted by atomic mass is 10.3. The van der Waals surface area contributed by atoms with E-state index in [0.29, 0.717) is 0 Å². The van der Waals surface area contributed by atoms with Crippen molar-refractivity contribution in [3.8, 4) is 0 Å². The maximum Gasteiger partial charge on any atom is 0.371 e. The molecule has 0 radical (unpaired) electrons. The Morgan fingerprint density at radius 3 is 2.70 bits per heavy atom. The van der Waals surface area contributed by atoms with Crippen molar-refractivity contribution in [2.75, 3.05) is 0 Å². The maximum atomic E-state index is 11.9. The number of hydrogen-bond acceptors (Lipinski definition) is 5. The first-order chi connectivity index (χ1) is 9.51. The molecule has 20 heavy (non-hydrogen) atoms. The molecule has 0 saturated carbocycles. The SMILES string of the molecule is CCc1cnc(C(C)NC(=O)c2ccc(C(=O)O)o2)s1. The molecule has 0 fully saturated rings. The van der Waals surface area contributed by atoms with E-state index >= 15 is 0 Å². The van der Waals surface area contributed by atoms with Crippen LogP contribution in [0, 0.1) is 0 Å². The number of aromatic carboxylic acids is 1. The quantitative estimate of drug-likeness (QED) is 0.883. The van der Waals surface area contributed by atoms with E-state index in [1.807, 2.05) is 13.8 Å². The molecule has 2 aromatic heterocycles. The molecule has 0 aliphatic rings. The van der Waals surface area contributed by atoms with Crippen LogP contribution in [0.15, 0.2) is 22.7 Å². The number of carbonyl (C=O) groups excluding carboxylic acids is 1. The Morgan fingerprint density at radius 2 is 2.15 bits per heavy atom. The van der Waals surface area contributed by atoms with Crippen molar-refractivity contribution in [3.63, 3.8) is 0 Å². The van der Waals surface area contributed by atoms with Gasteiger partial charge < -0.3 is 14.8 Å². The molecular weight excluding hydrogens is 280 g/mol. The van der Waals surface area contributed by atoms with Crippen LogP contribution in [0.1, 0.15) is 50.9 Å². The Hall–Kier alpha value is -2.15. The van der Waals surface area contributed by atoms with Gasteiger partial charge in [-0.1, -0.05) is 6.92 Å². The zero-order chi connectivity index (χ0) is 14.7. The monoisotopic (exact) mass is 294 g/mol. The number of carbonyl (C=O) groups is 2. The Balaban J connectivity index is 2.04. The van der Waals surface area contributed by atoms with Gasteiger partial charge in [0, 0.05) is 11.1 Å². The fraction of sp³-hybridized carbons (Fsp3) is 0.308. The van der Waals surface area contributed by atoms with Crippen molar-refractivity contribution >= 4 is 23.2 Å². The van der Waals surface area contributed by atoms with Crippen LogP contribution < -0.4 is 5.32 Å². The Bertz CT molecular complexity index is 632. The highest BCUT2D eigenvalue weighted by Gasteiger charge is 2.18. The number of thiazole rings is 1. The Labute approximate surface area is 119 Å². The average molecular weight is 294 g/mol. The third kappa shape index (κ3) is 3.05. The molecule has 2 N–H and O–H groups in total. The van der Waals surface area contributed by atoms with Crippen molar-refractivity contribution < 1.29 is 19.1 Å². The molecule has 0 aliphatic carbocycles. The minimum Gasteiger partial charge on any atom is -0.475 e. The number of aryl methyl sites for hydroxylation is 1. The summed E-state index contributed by atoms with van der Waals surface area (Å²) in [6, 6.07) is 2.33. The lowest BCUT2D eigenvalue weighted by Gasteiger charge is -2.09. The van der Waals surface area contributed by atoms with Gasteiger partial charge in [0.05, 0.1) is 6.04 Å². The lowest BCUT2D eigenvalue weighted by molar-refractivity contribution is 0.0659. The minimum atomic E-state index is -1.20. The van der Waals surface area contributed by atoms with E-state index in [9.17, 15) is 9.59 Å². The molecule has 0 saturated heterocycles. The van der Waals surface area contributed by atoms with Gasteiger partial charge >= 0.3 is 5.97 Å². The smallest absolute Gasteiger partial charge is 0.371 e. The number of aromatic nitrogens is 1. The van der Waals surface area contributed by atoms with Crippen LogP contribution >= 0.6 is 11.3 Å². The number of furan rings is 1. The predicted molar refractivity (Wildman–Crippen MR) is 73.0 cm³/mol. The molecule has 6 nitrogen and oxygen atoms in total. The van der Waals surface area contributed by atoms with Gasteiger partial charge in [-0.25, -0.2) is 9.78 Å². The highest BCUT2D eigenvalue weighted by Crippen LogP contribution is 2.20. The number of amides is 1.